The van der Waals surface area contributed by atoms with E-state index in [0.29, 0.717) is 17.0 Å². The van der Waals surface area contributed by atoms with Crippen molar-refractivity contribution in [3.05, 3.63) is 46.8 Å². The van der Waals surface area contributed by atoms with Crippen LogP contribution in [0.2, 0.25) is 0 Å². The van der Waals surface area contributed by atoms with Crippen molar-refractivity contribution < 1.29 is 9.59 Å². The van der Waals surface area contributed by atoms with Crippen molar-refractivity contribution in [1.29, 1.82) is 0 Å². The minimum Gasteiger partial charge on any atom is -0.365 e. The van der Waals surface area contributed by atoms with Crippen LogP contribution in [0.5, 0.6) is 0 Å². The standard InChI is InChI=1S/C16H18N2O2S2/c1-21-10-2-9-18-16(20)12-5-3-11(4-6-12)13-7-8-14(22-13)15(17)19/h3-8H,2,9-10H2,1H3,(H2,17,19)(H,18,20). The summed E-state index contributed by atoms with van der Waals surface area (Å²) in [7, 11) is 0. The first kappa shape index (κ1) is 16.6. The second-order valence-corrected chi connectivity index (χ2v) is 6.78. The van der Waals surface area contributed by atoms with Crippen LogP contribution in [-0.2, 0) is 0 Å². The molecule has 0 saturated heterocycles. The summed E-state index contributed by atoms with van der Waals surface area (Å²) in [5.41, 5.74) is 6.86. The first-order chi connectivity index (χ1) is 10.6. The van der Waals surface area contributed by atoms with Gasteiger partial charge in [-0.25, -0.2) is 0 Å². The van der Waals surface area contributed by atoms with E-state index in [4.69, 9.17) is 5.73 Å². The second-order valence-electron chi connectivity index (χ2n) is 4.71. The maximum absolute atomic E-state index is 12.0. The van der Waals surface area contributed by atoms with Crippen LogP contribution in [0.1, 0.15) is 26.5 Å². The van der Waals surface area contributed by atoms with E-state index in [1.54, 1.807) is 30.0 Å². The number of carbonyl (C=O) groups is 2. The number of benzene rings is 1. The van der Waals surface area contributed by atoms with E-state index in [-0.39, 0.29) is 5.91 Å². The predicted octanol–water partition coefficient (Wildman–Crippen LogP) is 3.00. The van der Waals surface area contributed by atoms with Gasteiger partial charge in [0.25, 0.3) is 11.8 Å². The first-order valence-electron chi connectivity index (χ1n) is 6.89. The van der Waals surface area contributed by atoms with Gasteiger partial charge in [0, 0.05) is 17.0 Å². The Kier molecular flexibility index (Phi) is 6.03. The summed E-state index contributed by atoms with van der Waals surface area (Å²) >= 11 is 3.12. The van der Waals surface area contributed by atoms with E-state index in [0.717, 1.165) is 22.6 Å². The Morgan fingerprint density at radius 2 is 1.91 bits per heavy atom. The number of hydrogen-bond donors (Lipinski definition) is 2. The molecule has 0 atom stereocenters. The Balaban J connectivity index is 2.00. The number of rotatable bonds is 7. The Morgan fingerprint density at radius 3 is 2.50 bits per heavy atom. The molecule has 4 nitrogen and oxygen atoms in total. The molecule has 0 fully saturated rings. The SMILES string of the molecule is CSCCCNC(=O)c1ccc(-c2ccc(C(N)=O)s2)cc1. The molecule has 1 aromatic heterocycles. The first-order valence-corrected chi connectivity index (χ1v) is 9.10. The predicted molar refractivity (Wildman–Crippen MR) is 93.6 cm³/mol. The Bertz CT molecular complexity index is 650. The number of amides is 2. The number of hydrogen-bond acceptors (Lipinski definition) is 4. The second kappa shape index (κ2) is 8.00. The fourth-order valence-corrected chi connectivity index (χ4v) is 3.23. The van der Waals surface area contributed by atoms with Gasteiger partial charge in [0.2, 0.25) is 0 Å². The molecule has 0 unspecified atom stereocenters. The minimum absolute atomic E-state index is 0.0587. The van der Waals surface area contributed by atoms with Crippen molar-refractivity contribution in [3.63, 3.8) is 0 Å². The van der Waals surface area contributed by atoms with Crippen molar-refractivity contribution >= 4 is 34.9 Å². The molecular weight excluding hydrogens is 316 g/mol. The Labute approximate surface area is 138 Å². The van der Waals surface area contributed by atoms with Gasteiger partial charge in [0.15, 0.2) is 0 Å². The van der Waals surface area contributed by atoms with Crippen LogP contribution in [0.4, 0.5) is 0 Å². The van der Waals surface area contributed by atoms with Crippen molar-refractivity contribution in [2.45, 2.75) is 6.42 Å². The van der Waals surface area contributed by atoms with Crippen molar-refractivity contribution in [3.8, 4) is 10.4 Å². The van der Waals surface area contributed by atoms with Crippen LogP contribution in [0.3, 0.4) is 0 Å². The number of nitrogens with one attached hydrogen (secondary N) is 1. The number of thioether (sulfide) groups is 1. The van der Waals surface area contributed by atoms with E-state index < -0.39 is 5.91 Å². The summed E-state index contributed by atoms with van der Waals surface area (Å²) in [6, 6.07) is 10.9. The summed E-state index contributed by atoms with van der Waals surface area (Å²) in [6.07, 6.45) is 3.02. The lowest BCUT2D eigenvalue weighted by Gasteiger charge is -2.05. The number of nitrogens with two attached hydrogens (primary N) is 1. The molecule has 116 valence electrons. The highest BCUT2D eigenvalue weighted by atomic mass is 32.2. The zero-order valence-electron chi connectivity index (χ0n) is 12.3. The third-order valence-corrected chi connectivity index (χ3v) is 4.94. The summed E-state index contributed by atoms with van der Waals surface area (Å²) in [6.45, 7) is 0.689. The smallest absolute Gasteiger partial charge is 0.258 e. The van der Waals surface area contributed by atoms with Gasteiger partial charge in [-0.05, 0) is 48.3 Å². The summed E-state index contributed by atoms with van der Waals surface area (Å²) in [4.78, 5) is 24.6. The zero-order chi connectivity index (χ0) is 15.9. The minimum atomic E-state index is -0.419. The molecule has 0 bridgehead atoms. The van der Waals surface area contributed by atoms with Gasteiger partial charge in [0.05, 0.1) is 4.88 Å². The van der Waals surface area contributed by atoms with Gasteiger partial charge in [0.1, 0.15) is 0 Å². The molecular formula is C16H18N2O2S2. The quantitative estimate of drug-likeness (QED) is 0.765. The van der Waals surface area contributed by atoms with Gasteiger partial charge in [-0.15, -0.1) is 11.3 Å². The average Bonchev–Trinajstić information content (AvgIpc) is 3.02. The van der Waals surface area contributed by atoms with E-state index >= 15 is 0 Å². The number of thiophene rings is 1. The normalized spacial score (nSPS) is 10.4. The molecule has 2 rings (SSSR count). The fourth-order valence-electron chi connectivity index (χ4n) is 1.93. The van der Waals surface area contributed by atoms with Crippen molar-refractivity contribution in [2.24, 2.45) is 5.73 Å². The van der Waals surface area contributed by atoms with Gasteiger partial charge >= 0.3 is 0 Å². The van der Waals surface area contributed by atoms with Crippen LogP contribution in [0.25, 0.3) is 10.4 Å². The van der Waals surface area contributed by atoms with Crippen LogP contribution in [0, 0.1) is 0 Å². The fraction of sp³-hybridized carbons (Fsp3) is 0.250. The van der Waals surface area contributed by atoms with E-state index in [1.165, 1.54) is 11.3 Å². The molecule has 2 amide bonds. The lowest BCUT2D eigenvalue weighted by atomic mass is 10.1. The molecule has 0 spiro atoms. The third kappa shape index (κ3) is 4.35. The van der Waals surface area contributed by atoms with Gasteiger partial charge < -0.3 is 11.1 Å². The van der Waals surface area contributed by atoms with E-state index in [9.17, 15) is 9.59 Å². The molecule has 0 saturated carbocycles. The van der Waals surface area contributed by atoms with Gasteiger partial charge in [-0.2, -0.15) is 11.8 Å². The highest BCUT2D eigenvalue weighted by Crippen LogP contribution is 2.28. The Morgan fingerprint density at radius 1 is 1.18 bits per heavy atom. The van der Waals surface area contributed by atoms with Crippen molar-refractivity contribution in [2.75, 3.05) is 18.6 Å². The number of carbonyl (C=O) groups excluding carboxylic acids is 2. The van der Waals surface area contributed by atoms with Crippen LogP contribution in [-0.4, -0.2) is 30.4 Å². The van der Waals surface area contributed by atoms with Crippen molar-refractivity contribution in [1.82, 2.24) is 5.32 Å². The molecule has 2 aromatic rings. The zero-order valence-corrected chi connectivity index (χ0v) is 13.9. The van der Waals surface area contributed by atoms with Crippen LogP contribution < -0.4 is 11.1 Å². The molecule has 1 aromatic carbocycles. The molecule has 3 N–H and O–H groups in total. The summed E-state index contributed by atoms with van der Waals surface area (Å²) in [5.74, 6) is 0.564. The summed E-state index contributed by atoms with van der Waals surface area (Å²) in [5, 5.41) is 2.90. The van der Waals surface area contributed by atoms with Gasteiger partial charge in [-0.1, -0.05) is 12.1 Å². The largest absolute Gasteiger partial charge is 0.365 e. The van der Waals surface area contributed by atoms with Crippen LogP contribution in [0.15, 0.2) is 36.4 Å². The maximum Gasteiger partial charge on any atom is 0.258 e. The molecule has 0 radical (unpaired) electrons. The van der Waals surface area contributed by atoms with Gasteiger partial charge in [-0.3, -0.25) is 9.59 Å². The topological polar surface area (TPSA) is 72.2 Å². The Hall–Kier alpha value is -1.79. The monoisotopic (exact) mass is 334 g/mol. The molecule has 0 aliphatic rings. The van der Waals surface area contributed by atoms with E-state index in [1.807, 2.05) is 18.2 Å². The lowest BCUT2D eigenvalue weighted by Crippen LogP contribution is -2.24. The average molecular weight is 334 g/mol. The molecule has 1 heterocycles. The summed E-state index contributed by atoms with van der Waals surface area (Å²) < 4.78 is 0. The highest BCUT2D eigenvalue weighted by Gasteiger charge is 2.08. The molecule has 0 aliphatic heterocycles. The third-order valence-electron chi connectivity index (χ3n) is 3.09. The lowest BCUT2D eigenvalue weighted by molar-refractivity contribution is 0.0952. The van der Waals surface area contributed by atoms with E-state index in [2.05, 4.69) is 11.6 Å². The highest BCUT2D eigenvalue weighted by molar-refractivity contribution is 7.98. The molecule has 0 aliphatic carbocycles. The molecule has 22 heavy (non-hydrogen) atoms. The number of primary amides is 1. The van der Waals surface area contributed by atoms with Crippen LogP contribution >= 0.6 is 23.1 Å². The molecule has 6 heteroatoms. The maximum atomic E-state index is 12.0.